The molecule has 1 aromatic heterocycles. The molecule has 0 bridgehead atoms. The van der Waals surface area contributed by atoms with Gasteiger partial charge >= 0.3 is 0 Å². The van der Waals surface area contributed by atoms with Crippen LogP contribution in [0.5, 0.6) is 0 Å². The van der Waals surface area contributed by atoms with E-state index in [9.17, 15) is 4.79 Å². The van der Waals surface area contributed by atoms with Gasteiger partial charge in [-0.05, 0) is 19.1 Å². The number of nitrogens with zero attached hydrogens (tertiary/aromatic N) is 2. The highest BCUT2D eigenvalue weighted by atomic mass is 35.5. The molecule has 0 spiro atoms. The Morgan fingerprint density at radius 3 is 2.56 bits per heavy atom. The Morgan fingerprint density at radius 1 is 1.19 bits per heavy atom. The number of hydrogen-bond donors (Lipinski definition) is 2. The first kappa shape index (κ1) is 10.6. The minimum absolute atomic E-state index is 0.264. The molecule has 0 atom stereocenters. The fourth-order valence-corrected chi connectivity index (χ4v) is 1.37. The van der Waals surface area contributed by atoms with Crippen molar-refractivity contribution in [2.24, 2.45) is 10.2 Å². The number of aryl methyl sites for hydroxylation is 1. The second-order valence-electron chi connectivity index (χ2n) is 3.20. The number of H-pyrrole nitrogens is 2. The zero-order valence-corrected chi connectivity index (χ0v) is 9.25. The highest BCUT2D eigenvalue weighted by Gasteiger charge is 2.04. The third-order valence-corrected chi connectivity index (χ3v) is 2.36. The highest BCUT2D eigenvalue weighted by molar-refractivity contribution is 6.32. The van der Waals surface area contributed by atoms with Crippen LogP contribution in [-0.2, 0) is 0 Å². The van der Waals surface area contributed by atoms with Crippen LogP contribution in [0.4, 0.5) is 11.4 Å². The maximum atomic E-state index is 11.3. The molecular formula is C10H9ClN4O. The minimum Gasteiger partial charge on any atom is -0.300 e. The SMILES string of the molecule is Cc1[nH][nH]c(=O)c1N=Nc1ccccc1Cl. The molecule has 5 nitrogen and oxygen atoms in total. The minimum atomic E-state index is -0.298. The van der Waals surface area contributed by atoms with Gasteiger partial charge in [-0.3, -0.25) is 9.89 Å². The molecule has 1 aromatic carbocycles. The molecule has 0 aliphatic carbocycles. The maximum absolute atomic E-state index is 11.3. The molecule has 1 heterocycles. The standard InChI is InChI=1S/C10H9ClN4O/c1-6-9(10(16)15-12-6)14-13-8-5-3-2-4-7(8)11/h2-5H,1H3,(H2,12,15,16). The monoisotopic (exact) mass is 236 g/mol. The van der Waals surface area contributed by atoms with E-state index in [4.69, 9.17) is 11.6 Å². The summed E-state index contributed by atoms with van der Waals surface area (Å²) >= 11 is 5.90. The van der Waals surface area contributed by atoms with Gasteiger partial charge in [0.2, 0.25) is 0 Å². The van der Waals surface area contributed by atoms with Crippen LogP contribution in [0.3, 0.4) is 0 Å². The van der Waals surface area contributed by atoms with E-state index >= 15 is 0 Å². The molecule has 0 saturated carbocycles. The summed E-state index contributed by atoms with van der Waals surface area (Å²) in [6.07, 6.45) is 0. The van der Waals surface area contributed by atoms with Crippen molar-refractivity contribution in [2.45, 2.75) is 6.92 Å². The predicted molar refractivity (Wildman–Crippen MR) is 61.8 cm³/mol. The second kappa shape index (κ2) is 4.32. The molecule has 2 rings (SSSR count). The molecule has 16 heavy (non-hydrogen) atoms. The normalized spacial score (nSPS) is 11.1. The molecule has 0 saturated heterocycles. The lowest BCUT2D eigenvalue weighted by Crippen LogP contribution is -1.96. The van der Waals surface area contributed by atoms with Crippen LogP contribution in [0, 0.1) is 6.92 Å². The van der Waals surface area contributed by atoms with Gasteiger partial charge in [-0.15, -0.1) is 10.2 Å². The number of nitrogens with one attached hydrogen (secondary N) is 2. The van der Waals surface area contributed by atoms with Crippen molar-refractivity contribution in [3.63, 3.8) is 0 Å². The molecule has 0 amide bonds. The van der Waals surface area contributed by atoms with Gasteiger partial charge < -0.3 is 5.10 Å². The van der Waals surface area contributed by atoms with Gasteiger partial charge in [-0.2, -0.15) is 0 Å². The van der Waals surface area contributed by atoms with Gasteiger partial charge in [-0.25, -0.2) is 0 Å². The molecule has 2 N–H and O–H groups in total. The Bertz CT molecular complexity index is 585. The lowest BCUT2D eigenvalue weighted by molar-refractivity contribution is 1.02. The van der Waals surface area contributed by atoms with Crippen LogP contribution in [0.2, 0.25) is 5.02 Å². The van der Waals surface area contributed by atoms with Crippen molar-refractivity contribution in [3.05, 3.63) is 45.3 Å². The Balaban J connectivity index is 2.36. The third-order valence-electron chi connectivity index (χ3n) is 2.04. The van der Waals surface area contributed by atoms with Crippen molar-refractivity contribution < 1.29 is 0 Å². The van der Waals surface area contributed by atoms with Gasteiger partial charge in [-0.1, -0.05) is 23.7 Å². The first-order chi connectivity index (χ1) is 7.68. The van der Waals surface area contributed by atoms with Crippen LogP contribution in [0.15, 0.2) is 39.3 Å². The Labute approximate surface area is 96.2 Å². The Hall–Kier alpha value is -1.88. The van der Waals surface area contributed by atoms with Gasteiger partial charge in [0.15, 0.2) is 5.69 Å². The van der Waals surface area contributed by atoms with E-state index in [-0.39, 0.29) is 11.2 Å². The van der Waals surface area contributed by atoms with Gasteiger partial charge in [0.25, 0.3) is 5.56 Å². The topological polar surface area (TPSA) is 73.4 Å². The van der Waals surface area contributed by atoms with E-state index in [2.05, 4.69) is 20.4 Å². The summed E-state index contributed by atoms with van der Waals surface area (Å²) in [5, 5.41) is 13.4. The van der Waals surface area contributed by atoms with Crippen molar-refractivity contribution >= 4 is 23.0 Å². The van der Waals surface area contributed by atoms with Gasteiger partial charge in [0.1, 0.15) is 5.69 Å². The predicted octanol–water partition coefficient (Wildman–Crippen LogP) is 3.08. The van der Waals surface area contributed by atoms with Crippen LogP contribution in [-0.4, -0.2) is 10.2 Å². The zero-order valence-electron chi connectivity index (χ0n) is 8.49. The number of benzene rings is 1. The van der Waals surface area contributed by atoms with Crippen LogP contribution in [0.25, 0.3) is 0 Å². The summed E-state index contributed by atoms with van der Waals surface area (Å²) in [5.74, 6) is 0. The quantitative estimate of drug-likeness (QED) is 0.773. The summed E-state index contributed by atoms with van der Waals surface area (Å²) in [5.41, 5.74) is 1.14. The van der Waals surface area contributed by atoms with Crippen molar-refractivity contribution in [1.82, 2.24) is 10.2 Å². The van der Waals surface area contributed by atoms with E-state index in [0.717, 1.165) is 0 Å². The van der Waals surface area contributed by atoms with E-state index in [1.807, 2.05) is 0 Å². The number of aromatic nitrogens is 2. The summed E-state index contributed by atoms with van der Waals surface area (Å²) in [6.45, 7) is 1.73. The van der Waals surface area contributed by atoms with E-state index in [1.165, 1.54) is 0 Å². The molecular weight excluding hydrogens is 228 g/mol. The fourth-order valence-electron chi connectivity index (χ4n) is 1.20. The van der Waals surface area contributed by atoms with Crippen molar-refractivity contribution in [1.29, 1.82) is 0 Å². The molecule has 0 fully saturated rings. The highest BCUT2D eigenvalue weighted by Crippen LogP contribution is 2.25. The average Bonchev–Trinajstić information content (AvgIpc) is 2.58. The molecule has 0 aliphatic rings. The largest absolute Gasteiger partial charge is 0.300 e. The molecule has 0 aliphatic heterocycles. The lowest BCUT2D eigenvalue weighted by atomic mass is 10.3. The first-order valence-corrected chi connectivity index (χ1v) is 5.00. The van der Waals surface area contributed by atoms with E-state index in [1.54, 1.807) is 31.2 Å². The van der Waals surface area contributed by atoms with E-state index < -0.39 is 0 Å². The third kappa shape index (κ3) is 2.04. The Kier molecular flexibility index (Phi) is 2.87. The van der Waals surface area contributed by atoms with Gasteiger partial charge in [0.05, 0.1) is 10.7 Å². The number of aromatic amines is 2. The van der Waals surface area contributed by atoms with E-state index in [0.29, 0.717) is 16.4 Å². The van der Waals surface area contributed by atoms with Crippen LogP contribution in [0.1, 0.15) is 5.69 Å². The summed E-state index contributed by atoms with van der Waals surface area (Å²) < 4.78 is 0. The second-order valence-corrected chi connectivity index (χ2v) is 3.61. The first-order valence-electron chi connectivity index (χ1n) is 4.62. The van der Waals surface area contributed by atoms with Crippen molar-refractivity contribution in [2.75, 3.05) is 0 Å². The lowest BCUT2D eigenvalue weighted by Gasteiger charge is -1.93. The number of azo groups is 1. The smallest absolute Gasteiger partial charge is 0.291 e. The summed E-state index contributed by atoms with van der Waals surface area (Å²) in [7, 11) is 0. The fraction of sp³-hybridized carbons (Fsp3) is 0.100. The molecule has 6 heteroatoms. The summed E-state index contributed by atoms with van der Waals surface area (Å²) in [4.78, 5) is 11.3. The Morgan fingerprint density at radius 2 is 1.94 bits per heavy atom. The summed E-state index contributed by atoms with van der Waals surface area (Å²) in [6, 6.07) is 7.04. The molecule has 2 aromatic rings. The zero-order chi connectivity index (χ0) is 11.5. The van der Waals surface area contributed by atoms with Gasteiger partial charge in [0, 0.05) is 0 Å². The molecule has 0 radical (unpaired) electrons. The van der Waals surface area contributed by atoms with Crippen LogP contribution >= 0.6 is 11.6 Å². The maximum Gasteiger partial charge on any atom is 0.291 e. The number of halogens is 1. The average molecular weight is 237 g/mol. The number of hydrogen-bond acceptors (Lipinski definition) is 3. The number of rotatable bonds is 2. The molecule has 82 valence electrons. The van der Waals surface area contributed by atoms with Crippen molar-refractivity contribution in [3.8, 4) is 0 Å². The molecule has 0 unspecified atom stereocenters. The van der Waals surface area contributed by atoms with Crippen LogP contribution < -0.4 is 5.56 Å².